The summed E-state index contributed by atoms with van der Waals surface area (Å²) in [6.07, 6.45) is 1.04. The highest BCUT2D eigenvalue weighted by molar-refractivity contribution is 9.10. The minimum absolute atomic E-state index is 0.644. The lowest BCUT2D eigenvalue weighted by Gasteiger charge is -2.07. The normalized spacial score (nSPS) is 12.7. The molecule has 1 atom stereocenters. The smallest absolute Gasteiger partial charge is 0.133 e. The number of rotatable bonds is 2. The van der Waals surface area contributed by atoms with Crippen molar-refractivity contribution in [2.75, 3.05) is 0 Å². The van der Waals surface area contributed by atoms with Gasteiger partial charge in [-0.1, -0.05) is 6.07 Å². The van der Waals surface area contributed by atoms with E-state index in [1.165, 1.54) is 11.3 Å². The fraction of sp³-hybridized carbons (Fsp3) is 0.200. The molecule has 0 saturated heterocycles. The number of aryl methyl sites for hydroxylation is 1. The number of aliphatic hydroxyl groups excluding tert-OH is 1. The van der Waals surface area contributed by atoms with Crippen LogP contribution in [-0.4, -0.2) is 15.1 Å². The van der Waals surface area contributed by atoms with Gasteiger partial charge in [0.15, 0.2) is 0 Å². The van der Waals surface area contributed by atoms with Gasteiger partial charge in [0.2, 0.25) is 0 Å². The SMILES string of the molecule is Cc1ccc(C(O)c2scnc2Br)nc1. The first-order valence-electron chi connectivity index (χ1n) is 4.38. The number of hydrogen-bond donors (Lipinski definition) is 1. The number of nitrogens with zero attached hydrogens (tertiary/aromatic N) is 2. The summed E-state index contributed by atoms with van der Waals surface area (Å²) in [7, 11) is 0. The molecule has 0 saturated carbocycles. The number of thiazole rings is 1. The second kappa shape index (κ2) is 4.38. The second-order valence-corrected chi connectivity index (χ2v) is 4.81. The van der Waals surface area contributed by atoms with E-state index >= 15 is 0 Å². The van der Waals surface area contributed by atoms with Crippen LogP contribution in [0.15, 0.2) is 28.4 Å². The van der Waals surface area contributed by atoms with E-state index in [2.05, 4.69) is 25.9 Å². The highest BCUT2D eigenvalue weighted by Crippen LogP contribution is 2.30. The lowest BCUT2D eigenvalue weighted by atomic mass is 10.2. The average molecular weight is 285 g/mol. The van der Waals surface area contributed by atoms with Crippen LogP contribution in [0.2, 0.25) is 0 Å². The lowest BCUT2D eigenvalue weighted by molar-refractivity contribution is 0.218. The van der Waals surface area contributed by atoms with Crippen LogP contribution in [0.3, 0.4) is 0 Å². The largest absolute Gasteiger partial charge is 0.381 e. The third-order valence-electron chi connectivity index (χ3n) is 2.01. The summed E-state index contributed by atoms with van der Waals surface area (Å²) in [5.74, 6) is 0. The van der Waals surface area contributed by atoms with E-state index in [9.17, 15) is 5.11 Å². The maximum Gasteiger partial charge on any atom is 0.133 e. The molecule has 0 fully saturated rings. The molecule has 0 radical (unpaired) electrons. The molecule has 0 amide bonds. The van der Waals surface area contributed by atoms with Gasteiger partial charge in [-0.25, -0.2) is 4.98 Å². The van der Waals surface area contributed by atoms with Gasteiger partial charge in [-0.2, -0.15) is 0 Å². The Morgan fingerprint density at radius 2 is 2.20 bits per heavy atom. The van der Waals surface area contributed by atoms with E-state index in [0.717, 1.165) is 10.4 Å². The van der Waals surface area contributed by atoms with Crippen LogP contribution in [0.25, 0.3) is 0 Å². The molecule has 0 aliphatic heterocycles. The summed E-state index contributed by atoms with van der Waals surface area (Å²) < 4.78 is 0.683. The van der Waals surface area contributed by atoms with Gasteiger partial charge in [-0.05, 0) is 34.5 Å². The van der Waals surface area contributed by atoms with Crippen molar-refractivity contribution in [1.29, 1.82) is 0 Å². The quantitative estimate of drug-likeness (QED) is 0.922. The molecule has 2 heterocycles. The van der Waals surface area contributed by atoms with Gasteiger partial charge in [0.05, 0.1) is 16.1 Å². The zero-order valence-corrected chi connectivity index (χ0v) is 10.4. The predicted molar refractivity (Wildman–Crippen MR) is 62.8 cm³/mol. The van der Waals surface area contributed by atoms with Crippen molar-refractivity contribution in [3.63, 3.8) is 0 Å². The Balaban J connectivity index is 2.32. The van der Waals surface area contributed by atoms with Crippen LogP contribution in [0.1, 0.15) is 22.2 Å². The van der Waals surface area contributed by atoms with Gasteiger partial charge < -0.3 is 5.11 Å². The molecule has 0 aromatic carbocycles. The molecule has 0 aliphatic rings. The summed E-state index contributed by atoms with van der Waals surface area (Å²) in [6, 6.07) is 3.76. The van der Waals surface area contributed by atoms with E-state index in [1.54, 1.807) is 11.7 Å². The molecule has 1 N–H and O–H groups in total. The monoisotopic (exact) mass is 284 g/mol. The van der Waals surface area contributed by atoms with Crippen LogP contribution in [0.5, 0.6) is 0 Å². The van der Waals surface area contributed by atoms with Crippen molar-refractivity contribution in [3.05, 3.63) is 44.6 Å². The Bertz CT molecular complexity index is 455. The topological polar surface area (TPSA) is 46.0 Å². The Hall–Kier alpha value is -0.780. The van der Waals surface area contributed by atoms with Crippen LogP contribution < -0.4 is 0 Å². The Morgan fingerprint density at radius 3 is 2.73 bits per heavy atom. The number of hydrogen-bond acceptors (Lipinski definition) is 4. The summed E-state index contributed by atoms with van der Waals surface area (Å²) in [5, 5.41) is 10.0. The fourth-order valence-corrected chi connectivity index (χ4v) is 2.60. The van der Waals surface area contributed by atoms with Gasteiger partial charge >= 0.3 is 0 Å². The first-order chi connectivity index (χ1) is 7.18. The van der Waals surface area contributed by atoms with E-state index in [1.807, 2.05) is 19.1 Å². The third kappa shape index (κ3) is 2.25. The van der Waals surface area contributed by atoms with Crippen molar-refractivity contribution < 1.29 is 5.11 Å². The molecule has 1 unspecified atom stereocenters. The molecule has 5 heteroatoms. The van der Waals surface area contributed by atoms with E-state index in [4.69, 9.17) is 0 Å². The van der Waals surface area contributed by atoms with Gasteiger partial charge in [-0.3, -0.25) is 4.98 Å². The van der Waals surface area contributed by atoms with Gasteiger partial charge in [0.1, 0.15) is 10.7 Å². The molecule has 0 bridgehead atoms. The van der Waals surface area contributed by atoms with Crippen LogP contribution >= 0.6 is 27.3 Å². The second-order valence-electron chi connectivity index (χ2n) is 3.17. The molecular formula is C10H9BrN2OS. The van der Waals surface area contributed by atoms with Crippen LogP contribution in [-0.2, 0) is 0 Å². The summed E-state index contributed by atoms with van der Waals surface area (Å²) in [5.41, 5.74) is 3.41. The van der Waals surface area contributed by atoms with Crippen LogP contribution in [0, 0.1) is 6.92 Å². The summed E-state index contributed by atoms with van der Waals surface area (Å²) in [4.78, 5) is 9.00. The molecule has 2 aromatic heterocycles. The zero-order valence-electron chi connectivity index (χ0n) is 8.01. The summed E-state index contributed by atoms with van der Waals surface area (Å²) in [6.45, 7) is 1.96. The van der Waals surface area contributed by atoms with Crippen molar-refractivity contribution >= 4 is 27.3 Å². The van der Waals surface area contributed by atoms with E-state index in [0.29, 0.717) is 10.3 Å². The minimum atomic E-state index is -0.701. The number of pyridine rings is 1. The molecule has 0 spiro atoms. The molecule has 15 heavy (non-hydrogen) atoms. The zero-order chi connectivity index (χ0) is 10.8. The van der Waals surface area contributed by atoms with E-state index < -0.39 is 6.10 Å². The van der Waals surface area contributed by atoms with Gasteiger partial charge in [-0.15, -0.1) is 11.3 Å². The molecular weight excluding hydrogens is 276 g/mol. The first kappa shape index (κ1) is 10.7. The highest BCUT2D eigenvalue weighted by atomic mass is 79.9. The average Bonchev–Trinajstić information content (AvgIpc) is 2.65. The maximum absolute atomic E-state index is 10.0. The number of aromatic nitrogens is 2. The Kier molecular flexibility index (Phi) is 3.14. The van der Waals surface area contributed by atoms with Gasteiger partial charge in [0, 0.05) is 6.20 Å². The minimum Gasteiger partial charge on any atom is -0.381 e. The lowest BCUT2D eigenvalue weighted by Crippen LogP contribution is -2.00. The Labute approximate surface area is 100.0 Å². The van der Waals surface area contributed by atoms with Crippen molar-refractivity contribution in [2.24, 2.45) is 0 Å². The van der Waals surface area contributed by atoms with Crippen molar-refractivity contribution in [3.8, 4) is 0 Å². The highest BCUT2D eigenvalue weighted by Gasteiger charge is 2.16. The number of aliphatic hydroxyl groups is 1. The molecule has 78 valence electrons. The van der Waals surface area contributed by atoms with Gasteiger partial charge in [0.25, 0.3) is 0 Å². The fourth-order valence-electron chi connectivity index (χ4n) is 1.19. The first-order valence-corrected chi connectivity index (χ1v) is 6.05. The molecule has 2 rings (SSSR count). The molecule has 3 nitrogen and oxygen atoms in total. The standard InChI is InChI=1S/C10H9BrN2OS/c1-6-2-3-7(12-4-6)8(14)9-10(11)13-5-15-9/h2-5,8,14H,1H3. The van der Waals surface area contributed by atoms with E-state index in [-0.39, 0.29) is 0 Å². The predicted octanol–water partition coefficient (Wildman–Crippen LogP) is 2.69. The number of halogens is 1. The summed E-state index contributed by atoms with van der Waals surface area (Å²) >= 11 is 4.70. The Morgan fingerprint density at radius 1 is 1.40 bits per heavy atom. The molecule has 0 aliphatic carbocycles. The van der Waals surface area contributed by atoms with Crippen molar-refractivity contribution in [1.82, 2.24) is 9.97 Å². The van der Waals surface area contributed by atoms with Crippen molar-refractivity contribution in [2.45, 2.75) is 13.0 Å². The third-order valence-corrected chi connectivity index (χ3v) is 3.79. The maximum atomic E-state index is 10.0. The molecule has 2 aromatic rings. The van der Waals surface area contributed by atoms with Crippen LogP contribution in [0.4, 0.5) is 0 Å².